The smallest absolute Gasteiger partial charge is 0.408 e. The van der Waals surface area contributed by atoms with Gasteiger partial charge in [0, 0.05) is 4.83 Å². The van der Waals surface area contributed by atoms with E-state index in [2.05, 4.69) is 27.3 Å². The lowest BCUT2D eigenvalue weighted by Gasteiger charge is -2.24. The first-order valence-electron chi connectivity index (χ1n) is 5.19. The fraction of sp³-hybridized carbons (Fsp3) is 0.727. The van der Waals surface area contributed by atoms with E-state index in [1.54, 1.807) is 0 Å². The van der Waals surface area contributed by atoms with Crippen molar-refractivity contribution in [1.29, 1.82) is 0 Å². The molecule has 1 rings (SSSR count). The summed E-state index contributed by atoms with van der Waals surface area (Å²) in [7, 11) is 0. The molecule has 0 aliphatic heterocycles. The van der Waals surface area contributed by atoms with Crippen molar-refractivity contribution in [2.75, 3.05) is 0 Å². The summed E-state index contributed by atoms with van der Waals surface area (Å²) in [5, 5.41) is 2.83. The summed E-state index contributed by atoms with van der Waals surface area (Å²) in [6.45, 7) is 5.58. The van der Waals surface area contributed by atoms with Gasteiger partial charge in [0.2, 0.25) is 0 Å². The molecule has 86 valence electrons. The Bertz CT molecular complexity index is 258. The number of hydrogen-bond donors (Lipinski definition) is 1. The number of alkyl halides is 1. The van der Waals surface area contributed by atoms with Crippen molar-refractivity contribution in [2.24, 2.45) is 0 Å². The van der Waals surface area contributed by atoms with Gasteiger partial charge in [-0.1, -0.05) is 28.1 Å². The topological polar surface area (TPSA) is 38.3 Å². The normalized spacial score (nSPS) is 26.1. The summed E-state index contributed by atoms with van der Waals surface area (Å²) in [4.78, 5) is 11.9. The molecule has 2 atom stereocenters. The predicted octanol–water partition coefficient (Wildman–Crippen LogP) is 2.99. The van der Waals surface area contributed by atoms with Crippen LogP contribution in [-0.4, -0.2) is 22.6 Å². The van der Waals surface area contributed by atoms with Crippen LogP contribution in [0.2, 0.25) is 0 Å². The SMILES string of the molecule is CC(C)(C)OC(=O)NC1C=CC(Br)CC1. The van der Waals surface area contributed by atoms with E-state index in [-0.39, 0.29) is 12.1 Å². The Labute approximate surface area is 99.4 Å². The van der Waals surface area contributed by atoms with Gasteiger partial charge < -0.3 is 10.1 Å². The van der Waals surface area contributed by atoms with Crippen LogP contribution in [0.3, 0.4) is 0 Å². The van der Waals surface area contributed by atoms with Crippen molar-refractivity contribution < 1.29 is 9.53 Å². The Balaban J connectivity index is 2.36. The first kappa shape index (κ1) is 12.6. The van der Waals surface area contributed by atoms with Crippen LogP contribution >= 0.6 is 15.9 Å². The van der Waals surface area contributed by atoms with E-state index in [0.29, 0.717) is 4.83 Å². The maximum Gasteiger partial charge on any atom is 0.408 e. The van der Waals surface area contributed by atoms with E-state index in [0.717, 1.165) is 12.8 Å². The highest BCUT2D eigenvalue weighted by atomic mass is 79.9. The largest absolute Gasteiger partial charge is 0.444 e. The second-order valence-corrected chi connectivity index (χ2v) is 5.91. The molecule has 2 unspecified atom stereocenters. The molecule has 0 saturated carbocycles. The number of carbonyl (C=O) groups excluding carboxylic acids is 1. The zero-order valence-corrected chi connectivity index (χ0v) is 11.0. The average Bonchev–Trinajstić information content (AvgIpc) is 2.05. The van der Waals surface area contributed by atoms with Crippen molar-refractivity contribution in [1.82, 2.24) is 5.32 Å². The Morgan fingerprint density at radius 3 is 2.53 bits per heavy atom. The van der Waals surface area contributed by atoms with Crippen molar-refractivity contribution in [3.8, 4) is 0 Å². The predicted molar refractivity (Wildman–Crippen MR) is 64.2 cm³/mol. The Hall–Kier alpha value is -0.510. The minimum absolute atomic E-state index is 0.105. The van der Waals surface area contributed by atoms with Gasteiger partial charge in [0.15, 0.2) is 0 Å². The Kier molecular flexibility index (Phi) is 4.20. The lowest BCUT2D eigenvalue weighted by molar-refractivity contribution is 0.0511. The number of alkyl carbamates (subject to hydrolysis) is 1. The van der Waals surface area contributed by atoms with Gasteiger partial charge in [-0.15, -0.1) is 0 Å². The summed E-state index contributed by atoms with van der Waals surface area (Å²) < 4.78 is 5.17. The van der Waals surface area contributed by atoms with Crippen molar-refractivity contribution >= 4 is 22.0 Å². The Morgan fingerprint density at radius 1 is 1.40 bits per heavy atom. The number of hydrogen-bond acceptors (Lipinski definition) is 2. The number of carbonyl (C=O) groups is 1. The lowest BCUT2D eigenvalue weighted by Crippen LogP contribution is -2.39. The van der Waals surface area contributed by atoms with Crippen molar-refractivity contribution in [3.05, 3.63) is 12.2 Å². The van der Waals surface area contributed by atoms with Crippen molar-refractivity contribution in [3.63, 3.8) is 0 Å². The van der Waals surface area contributed by atoms with Crippen LogP contribution in [0.25, 0.3) is 0 Å². The number of halogens is 1. The third kappa shape index (κ3) is 5.21. The minimum Gasteiger partial charge on any atom is -0.444 e. The second-order valence-electron chi connectivity index (χ2n) is 4.73. The average molecular weight is 276 g/mol. The highest BCUT2D eigenvalue weighted by Gasteiger charge is 2.20. The number of amides is 1. The van der Waals surface area contributed by atoms with Gasteiger partial charge in [-0.05, 0) is 33.6 Å². The molecule has 0 fully saturated rings. The number of rotatable bonds is 1. The summed E-state index contributed by atoms with van der Waals surface area (Å²) in [6.07, 6.45) is 5.71. The minimum atomic E-state index is -0.430. The van der Waals surface area contributed by atoms with E-state index >= 15 is 0 Å². The van der Waals surface area contributed by atoms with Gasteiger partial charge in [0.05, 0.1) is 6.04 Å². The lowest BCUT2D eigenvalue weighted by atomic mass is 10.0. The maximum atomic E-state index is 11.4. The molecule has 1 N–H and O–H groups in total. The third-order valence-electron chi connectivity index (χ3n) is 2.01. The molecule has 1 aliphatic carbocycles. The molecule has 0 heterocycles. The molecule has 0 aromatic rings. The van der Waals surface area contributed by atoms with Gasteiger partial charge in [-0.3, -0.25) is 0 Å². The van der Waals surface area contributed by atoms with E-state index in [9.17, 15) is 4.79 Å². The number of ether oxygens (including phenoxy) is 1. The molecule has 0 aromatic carbocycles. The summed E-state index contributed by atoms with van der Waals surface area (Å²) in [6, 6.07) is 0.105. The van der Waals surface area contributed by atoms with E-state index in [4.69, 9.17) is 4.74 Å². The molecule has 0 aromatic heterocycles. The summed E-state index contributed by atoms with van der Waals surface area (Å²) in [5.41, 5.74) is -0.430. The fourth-order valence-corrected chi connectivity index (χ4v) is 1.81. The molecule has 0 radical (unpaired) electrons. The number of nitrogens with one attached hydrogen (secondary N) is 1. The zero-order chi connectivity index (χ0) is 11.5. The molecule has 3 nitrogen and oxygen atoms in total. The van der Waals surface area contributed by atoms with Crippen LogP contribution in [0, 0.1) is 0 Å². The van der Waals surface area contributed by atoms with Crippen LogP contribution in [0.4, 0.5) is 4.79 Å². The fourth-order valence-electron chi connectivity index (χ4n) is 1.37. The summed E-state index contributed by atoms with van der Waals surface area (Å²) >= 11 is 3.50. The van der Waals surface area contributed by atoms with Crippen LogP contribution in [0.1, 0.15) is 33.6 Å². The van der Waals surface area contributed by atoms with Gasteiger partial charge in [0.1, 0.15) is 5.60 Å². The van der Waals surface area contributed by atoms with E-state index < -0.39 is 5.60 Å². The molecule has 4 heteroatoms. The van der Waals surface area contributed by atoms with Crippen molar-refractivity contribution in [2.45, 2.75) is 50.1 Å². The molecule has 0 spiro atoms. The molecular weight excluding hydrogens is 258 g/mol. The standard InChI is InChI=1S/C11H18BrNO2/c1-11(2,3)15-10(14)13-9-6-4-8(12)5-7-9/h4,6,8-9H,5,7H2,1-3H3,(H,13,14). The molecule has 15 heavy (non-hydrogen) atoms. The van der Waals surface area contributed by atoms with Crippen LogP contribution in [0.15, 0.2) is 12.2 Å². The molecule has 1 aliphatic rings. The first-order valence-corrected chi connectivity index (χ1v) is 6.10. The molecule has 0 saturated heterocycles. The van der Waals surface area contributed by atoms with Gasteiger partial charge in [-0.25, -0.2) is 4.79 Å². The van der Waals surface area contributed by atoms with E-state index in [1.165, 1.54) is 0 Å². The molecule has 0 bridgehead atoms. The van der Waals surface area contributed by atoms with Gasteiger partial charge in [-0.2, -0.15) is 0 Å². The number of allylic oxidation sites excluding steroid dienone is 1. The molecule has 1 amide bonds. The summed E-state index contributed by atoms with van der Waals surface area (Å²) in [5.74, 6) is 0. The highest BCUT2D eigenvalue weighted by molar-refractivity contribution is 9.09. The van der Waals surface area contributed by atoms with E-state index in [1.807, 2.05) is 26.8 Å². The van der Waals surface area contributed by atoms with Crippen LogP contribution in [0.5, 0.6) is 0 Å². The van der Waals surface area contributed by atoms with Gasteiger partial charge in [0.25, 0.3) is 0 Å². The van der Waals surface area contributed by atoms with Gasteiger partial charge >= 0.3 is 6.09 Å². The molecular formula is C11H18BrNO2. The highest BCUT2D eigenvalue weighted by Crippen LogP contribution is 2.18. The van der Waals surface area contributed by atoms with Crippen LogP contribution < -0.4 is 5.32 Å². The maximum absolute atomic E-state index is 11.4. The second kappa shape index (κ2) is 5.01. The zero-order valence-electron chi connectivity index (χ0n) is 9.42. The van der Waals surface area contributed by atoms with Crippen LogP contribution in [-0.2, 0) is 4.74 Å². The first-order chi connectivity index (χ1) is 6.87. The Morgan fingerprint density at radius 2 is 2.07 bits per heavy atom. The third-order valence-corrected chi connectivity index (χ3v) is 2.77. The monoisotopic (exact) mass is 275 g/mol. The quantitative estimate of drug-likeness (QED) is 0.590.